The zero-order valence-electron chi connectivity index (χ0n) is 20.3. The van der Waals surface area contributed by atoms with E-state index in [2.05, 4.69) is 33.7 Å². The van der Waals surface area contributed by atoms with Crippen LogP contribution < -0.4 is 14.8 Å². The number of hydrogen-bond donors (Lipinski definition) is 1. The number of fused-ring (bicyclic) bond motifs is 1. The fourth-order valence-electron chi connectivity index (χ4n) is 4.60. The Kier molecular flexibility index (Phi) is 7.23. The van der Waals surface area contributed by atoms with Crippen molar-refractivity contribution in [3.05, 3.63) is 83.9 Å². The smallest absolute Gasteiger partial charge is 0.230 e. The number of carbonyl (C=O) groups excluding carboxylic acids is 1. The summed E-state index contributed by atoms with van der Waals surface area (Å²) in [5.74, 6) is 2.31. The maximum Gasteiger partial charge on any atom is 0.230 e. The first kappa shape index (κ1) is 23.9. The van der Waals surface area contributed by atoms with Gasteiger partial charge in [-0.15, -0.1) is 10.2 Å². The zero-order chi connectivity index (χ0) is 24.9. The first-order valence-corrected chi connectivity index (χ1v) is 12.9. The number of carbonyl (C=O) groups is 1. The summed E-state index contributed by atoms with van der Waals surface area (Å²) in [4.78, 5) is 13.0. The van der Waals surface area contributed by atoms with Crippen LogP contribution in [0.15, 0.2) is 78.0 Å². The molecule has 7 nitrogen and oxygen atoms in total. The molecule has 8 heteroatoms. The Balaban J connectivity index is 1.40. The Bertz CT molecular complexity index is 1350. The highest BCUT2D eigenvalue weighted by molar-refractivity contribution is 7.99. The molecule has 1 amide bonds. The van der Waals surface area contributed by atoms with Gasteiger partial charge in [0.1, 0.15) is 11.5 Å². The fraction of sp³-hybridized carbons (Fsp3) is 0.250. The third-order valence-electron chi connectivity index (χ3n) is 6.35. The Morgan fingerprint density at radius 3 is 2.58 bits per heavy atom. The maximum atomic E-state index is 13.0. The van der Waals surface area contributed by atoms with E-state index in [4.69, 9.17) is 9.47 Å². The van der Waals surface area contributed by atoms with Crippen LogP contribution in [0.4, 0.5) is 0 Å². The number of para-hydroxylation sites is 1. The van der Waals surface area contributed by atoms with Gasteiger partial charge in [-0.25, -0.2) is 0 Å². The van der Waals surface area contributed by atoms with E-state index in [9.17, 15) is 4.79 Å². The second-order valence-corrected chi connectivity index (χ2v) is 9.48. The summed E-state index contributed by atoms with van der Waals surface area (Å²) in [5.41, 5.74) is 4.23. The molecule has 184 valence electrons. The highest BCUT2D eigenvalue weighted by atomic mass is 32.2. The molecule has 0 fully saturated rings. The molecular weight excluding hydrogens is 472 g/mol. The predicted molar refractivity (Wildman–Crippen MR) is 141 cm³/mol. The topological polar surface area (TPSA) is 78.3 Å². The maximum absolute atomic E-state index is 13.0. The predicted octanol–water partition coefficient (Wildman–Crippen LogP) is 5.24. The number of amides is 1. The number of rotatable bonds is 8. The number of thioether (sulfide) groups is 1. The van der Waals surface area contributed by atoms with Crippen LogP contribution in [0.5, 0.6) is 11.5 Å². The number of aromatic nitrogens is 3. The number of benzene rings is 3. The Morgan fingerprint density at radius 2 is 1.78 bits per heavy atom. The van der Waals surface area contributed by atoms with Gasteiger partial charge < -0.3 is 14.8 Å². The molecule has 1 atom stereocenters. The summed E-state index contributed by atoms with van der Waals surface area (Å²) in [5, 5.41) is 12.8. The Labute approximate surface area is 214 Å². The molecule has 4 aromatic rings. The third kappa shape index (κ3) is 4.95. The highest BCUT2D eigenvalue weighted by Gasteiger charge is 2.23. The van der Waals surface area contributed by atoms with Gasteiger partial charge in [-0.1, -0.05) is 48.2 Å². The second-order valence-electron chi connectivity index (χ2n) is 8.54. The lowest BCUT2D eigenvalue weighted by Gasteiger charge is -2.26. The number of methoxy groups -OCH3 is 2. The first-order chi connectivity index (χ1) is 17.7. The van der Waals surface area contributed by atoms with Crippen LogP contribution in [-0.4, -0.2) is 40.6 Å². The van der Waals surface area contributed by atoms with Crippen molar-refractivity contribution >= 4 is 17.7 Å². The molecule has 0 radical (unpaired) electrons. The Morgan fingerprint density at radius 1 is 1.00 bits per heavy atom. The van der Waals surface area contributed by atoms with Gasteiger partial charge in [0, 0.05) is 0 Å². The summed E-state index contributed by atoms with van der Waals surface area (Å²) in [7, 11) is 3.27. The quantitative estimate of drug-likeness (QED) is 0.334. The SMILES string of the molecule is COc1ccc(-n2c(SCC(=O)NC3CCCc4ccccc43)nnc2-c2ccccc2OC)cc1. The van der Waals surface area contributed by atoms with Gasteiger partial charge in [-0.2, -0.15) is 0 Å². The fourth-order valence-corrected chi connectivity index (χ4v) is 5.36. The molecule has 1 aromatic heterocycles. The van der Waals surface area contributed by atoms with E-state index in [0.717, 1.165) is 36.3 Å². The molecule has 1 heterocycles. The summed E-state index contributed by atoms with van der Waals surface area (Å²) in [6.07, 6.45) is 3.09. The van der Waals surface area contributed by atoms with Crippen LogP contribution in [0.2, 0.25) is 0 Å². The van der Waals surface area contributed by atoms with Gasteiger partial charge in [0.05, 0.1) is 37.3 Å². The molecule has 0 aliphatic heterocycles. The van der Waals surface area contributed by atoms with Gasteiger partial charge in [0.25, 0.3) is 0 Å². The van der Waals surface area contributed by atoms with E-state index in [0.29, 0.717) is 16.7 Å². The molecule has 3 aromatic carbocycles. The van der Waals surface area contributed by atoms with Crippen molar-refractivity contribution < 1.29 is 14.3 Å². The molecule has 0 saturated carbocycles. The van der Waals surface area contributed by atoms with Crippen molar-refractivity contribution in [2.24, 2.45) is 0 Å². The van der Waals surface area contributed by atoms with Gasteiger partial charge in [0.2, 0.25) is 5.91 Å². The molecule has 1 aliphatic rings. The van der Waals surface area contributed by atoms with Crippen LogP contribution in [0.3, 0.4) is 0 Å². The molecule has 36 heavy (non-hydrogen) atoms. The van der Waals surface area contributed by atoms with E-state index >= 15 is 0 Å². The number of hydrogen-bond acceptors (Lipinski definition) is 6. The minimum absolute atomic E-state index is 0.0233. The number of nitrogens with one attached hydrogen (secondary N) is 1. The minimum atomic E-state index is -0.0233. The van der Waals surface area contributed by atoms with Gasteiger partial charge >= 0.3 is 0 Å². The lowest BCUT2D eigenvalue weighted by molar-refractivity contribution is -0.119. The van der Waals surface area contributed by atoms with E-state index < -0.39 is 0 Å². The second kappa shape index (κ2) is 10.9. The van der Waals surface area contributed by atoms with Crippen molar-refractivity contribution in [2.75, 3.05) is 20.0 Å². The first-order valence-electron chi connectivity index (χ1n) is 11.9. The minimum Gasteiger partial charge on any atom is -0.497 e. The van der Waals surface area contributed by atoms with Crippen LogP contribution in [0, 0.1) is 0 Å². The molecule has 0 spiro atoms. The van der Waals surface area contributed by atoms with Gasteiger partial charge in [-0.05, 0) is 66.8 Å². The molecule has 5 rings (SSSR count). The molecule has 0 saturated heterocycles. The largest absolute Gasteiger partial charge is 0.497 e. The summed E-state index contributed by atoms with van der Waals surface area (Å²) >= 11 is 1.36. The van der Waals surface area contributed by atoms with Crippen molar-refractivity contribution in [3.63, 3.8) is 0 Å². The number of aryl methyl sites for hydroxylation is 1. The van der Waals surface area contributed by atoms with Crippen molar-refractivity contribution in [2.45, 2.75) is 30.5 Å². The Hall–Kier alpha value is -3.78. The van der Waals surface area contributed by atoms with E-state index in [1.807, 2.05) is 59.2 Å². The monoisotopic (exact) mass is 500 g/mol. The van der Waals surface area contributed by atoms with Crippen molar-refractivity contribution in [3.8, 4) is 28.6 Å². The summed E-state index contributed by atoms with van der Waals surface area (Å²) < 4.78 is 12.9. The summed E-state index contributed by atoms with van der Waals surface area (Å²) in [6.45, 7) is 0. The summed E-state index contributed by atoms with van der Waals surface area (Å²) in [6, 6.07) is 23.8. The lowest BCUT2D eigenvalue weighted by atomic mass is 9.88. The van der Waals surface area contributed by atoms with E-state index in [1.54, 1.807) is 14.2 Å². The third-order valence-corrected chi connectivity index (χ3v) is 7.28. The molecule has 1 N–H and O–H groups in total. The zero-order valence-corrected chi connectivity index (χ0v) is 21.1. The highest BCUT2D eigenvalue weighted by Crippen LogP contribution is 2.34. The molecule has 1 aliphatic carbocycles. The molecule has 1 unspecified atom stereocenters. The standard InChI is InChI=1S/C28H28N4O3S/c1-34-21-16-14-20(15-17-21)32-27(23-11-5-6-13-25(23)35-2)30-31-28(32)36-18-26(33)29-24-12-7-9-19-8-3-4-10-22(19)24/h3-6,8,10-11,13-17,24H,7,9,12,18H2,1-2H3,(H,29,33). The number of nitrogens with zero attached hydrogens (tertiary/aromatic N) is 3. The lowest BCUT2D eigenvalue weighted by Crippen LogP contribution is -2.32. The van der Waals surface area contributed by atoms with Crippen LogP contribution in [0.1, 0.15) is 30.0 Å². The van der Waals surface area contributed by atoms with Crippen molar-refractivity contribution in [1.82, 2.24) is 20.1 Å². The average molecular weight is 501 g/mol. The van der Waals surface area contributed by atoms with E-state index in [1.165, 1.54) is 22.9 Å². The number of ether oxygens (including phenoxy) is 2. The van der Waals surface area contributed by atoms with Gasteiger partial charge in [0.15, 0.2) is 11.0 Å². The molecule has 0 bridgehead atoms. The van der Waals surface area contributed by atoms with Gasteiger partial charge in [-0.3, -0.25) is 9.36 Å². The van der Waals surface area contributed by atoms with Crippen LogP contribution >= 0.6 is 11.8 Å². The average Bonchev–Trinajstić information content (AvgIpc) is 3.36. The van der Waals surface area contributed by atoms with Crippen LogP contribution in [-0.2, 0) is 11.2 Å². The van der Waals surface area contributed by atoms with E-state index in [-0.39, 0.29) is 17.7 Å². The normalized spacial score (nSPS) is 14.7. The molecular formula is C28H28N4O3S. The van der Waals surface area contributed by atoms with Crippen LogP contribution in [0.25, 0.3) is 17.1 Å². The van der Waals surface area contributed by atoms with Crippen molar-refractivity contribution in [1.29, 1.82) is 0 Å².